The van der Waals surface area contributed by atoms with Gasteiger partial charge in [-0.2, -0.15) is 0 Å². The van der Waals surface area contributed by atoms with Crippen molar-refractivity contribution in [2.24, 2.45) is 0 Å². The summed E-state index contributed by atoms with van der Waals surface area (Å²) in [5, 5.41) is 9.73. The maximum atomic E-state index is 11.8. The summed E-state index contributed by atoms with van der Waals surface area (Å²) in [5.74, 6) is 0.554. The van der Waals surface area contributed by atoms with Crippen molar-refractivity contribution in [1.29, 1.82) is 0 Å². The van der Waals surface area contributed by atoms with Crippen molar-refractivity contribution < 1.29 is 24.1 Å². The largest absolute Gasteiger partial charge is 0.493 e. The van der Waals surface area contributed by atoms with Crippen LogP contribution in [-0.4, -0.2) is 37.5 Å². The van der Waals surface area contributed by atoms with Gasteiger partial charge in [-0.1, -0.05) is 18.9 Å². The highest BCUT2D eigenvalue weighted by Gasteiger charge is 2.43. The molecule has 1 N–H and O–H groups in total. The molecule has 0 bridgehead atoms. The van der Waals surface area contributed by atoms with Crippen LogP contribution in [0.15, 0.2) is 18.2 Å². The van der Waals surface area contributed by atoms with Crippen LogP contribution < -0.4 is 9.47 Å². The fourth-order valence-corrected chi connectivity index (χ4v) is 3.64. The summed E-state index contributed by atoms with van der Waals surface area (Å²) < 4.78 is 16.8. The van der Waals surface area contributed by atoms with Gasteiger partial charge in [-0.05, 0) is 30.5 Å². The van der Waals surface area contributed by atoms with Gasteiger partial charge >= 0.3 is 5.97 Å². The summed E-state index contributed by atoms with van der Waals surface area (Å²) in [7, 11) is 1.60. The fourth-order valence-electron chi connectivity index (χ4n) is 3.64. The lowest BCUT2D eigenvalue weighted by Gasteiger charge is -2.27. The lowest BCUT2D eigenvalue weighted by atomic mass is 9.79. The summed E-state index contributed by atoms with van der Waals surface area (Å²) in [5.41, 5.74) is 0.0449. The minimum atomic E-state index is -0.773. The van der Waals surface area contributed by atoms with Crippen LogP contribution in [0.4, 0.5) is 0 Å². The molecule has 0 unspecified atom stereocenters. The Morgan fingerprint density at radius 2 is 1.91 bits per heavy atom. The normalized spacial score (nSPS) is 21.1. The highest BCUT2D eigenvalue weighted by atomic mass is 16.5. The highest BCUT2D eigenvalue weighted by Crippen LogP contribution is 2.44. The van der Waals surface area contributed by atoms with Crippen LogP contribution >= 0.6 is 0 Å². The number of carboxylic acid groups (broad SMARTS) is 1. The van der Waals surface area contributed by atoms with Gasteiger partial charge in [-0.25, -0.2) is 0 Å². The summed E-state index contributed by atoms with van der Waals surface area (Å²) in [6.07, 6.45) is 5.14. The Labute approximate surface area is 136 Å². The molecule has 1 aliphatic heterocycles. The monoisotopic (exact) mass is 320 g/mol. The Balaban J connectivity index is 1.85. The van der Waals surface area contributed by atoms with Crippen molar-refractivity contribution in [3.05, 3.63) is 23.8 Å². The molecule has 5 nitrogen and oxygen atoms in total. The first-order valence-electron chi connectivity index (χ1n) is 8.32. The lowest BCUT2D eigenvalue weighted by Crippen LogP contribution is -2.32. The van der Waals surface area contributed by atoms with E-state index >= 15 is 0 Å². The predicted octanol–water partition coefficient (Wildman–Crippen LogP) is 3.15. The number of aliphatic carboxylic acids is 1. The number of benzene rings is 1. The Hall–Kier alpha value is -1.75. The molecule has 1 heterocycles. The molecule has 5 heteroatoms. The van der Waals surface area contributed by atoms with Crippen LogP contribution in [0.25, 0.3) is 0 Å². The van der Waals surface area contributed by atoms with Gasteiger partial charge in [0.05, 0.1) is 25.7 Å². The van der Waals surface area contributed by atoms with E-state index in [9.17, 15) is 9.90 Å². The zero-order valence-corrected chi connectivity index (χ0v) is 13.5. The molecule has 0 atom stereocenters. The van der Waals surface area contributed by atoms with Crippen LogP contribution in [0.1, 0.15) is 44.1 Å². The molecule has 0 aromatic heterocycles. The average molecular weight is 320 g/mol. The molecule has 3 rings (SSSR count). The molecule has 1 aliphatic carbocycles. The first-order valence-corrected chi connectivity index (χ1v) is 8.32. The second kappa shape index (κ2) is 6.79. The maximum Gasteiger partial charge on any atom is 0.314 e. The topological polar surface area (TPSA) is 65.0 Å². The highest BCUT2D eigenvalue weighted by molar-refractivity contribution is 5.82. The molecule has 1 aromatic carbocycles. The molecule has 0 spiro atoms. The van der Waals surface area contributed by atoms with Crippen molar-refractivity contribution in [2.75, 3.05) is 20.3 Å². The Morgan fingerprint density at radius 1 is 1.22 bits per heavy atom. The number of rotatable bonds is 5. The summed E-state index contributed by atoms with van der Waals surface area (Å²) in [4.78, 5) is 11.8. The van der Waals surface area contributed by atoms with Crippen molar-refractivity contribution >= 4 is 5.97 Å². The van der Waals surface area contributed by atoms with Crippen LogP contribution in [-0.2, 0) is 14.9 Å². The molecule has 1 saturated heterocycles. The smallest absolute Gasteiger partial charge is 0.314 e. The fraction of sp³-hybridized carbons (Fsp3) is 0.611. The van der Waals surface area contributed by atoms with E-state index < -0.39 is 11.4 Å². The number of carboxylic acids is 1. The van der Waals surface area contributed by atoms with E-state index in [4.69, 9.17) is 14.2 Å². The van der Waals surface area contributed by atoms with E-state index in [2.05, 4.69) is 0 Å². The van der Waals surface area contributed by atoms with Crippen molar-refractivity contribution in [2.45, 2.75) is 50.0 Å². The van der Waals surface area contributed by atoms with Gasteiger partial charge in [0.25, 0.3) is 0 Å². The zero-order valence-electron chi connectivity index (χ0n) is 13.5. The minimum Gasteiger partial charge on any atom is -0.493 e. The van der Waals surface area contributed by atoms with Gasteiger partial charge in [0.1, 0.15) is 6.10 Å². The summed E-state index contributed by atoms with van der Waals surface area (Å²) >= 11 is 0. The van der Waals surface area contributed by atoms with Crippen LogP contribution in [0.5, 0.6) is 11.5 Å². The average Bonchev–Trinajstić information content (AvgIpc) is 3.07. The van der Waals surface area contributed by atoms with Crippen LogP contribution in [0, 0.1) is 0 Å². The molecule has 2 aliphatic rings. The third-order valence-corrected chi connectivity index (χ3v) is 5.04. The Morgan fingerprint density at radius 3 is 2.52 bits per heavy atom. The summed E-state index contributed by atoms with van der Waals surface area (Å²) in [6, 6.07) is 5.58. The van der Waals surface area contributed by atoms with Gasteiger partial charge in [0.15, 0.2) is 11.5 Å². The minimum absolute atomic E-state index is 0.128. The number of hydrogen-bond acceptors (Lipinski definition) is 4. The predicted molar refractivity (Wildman–Crippen MR) is 85.2 cm³/mol. The molecule has 1 aromatic rings. The molecule has 2 fully saturated rings. The van der Waals surface area contributed by atoms with Gasteiger partial charge < -0.3 is 19.3 Å². The van der Waals surface area contributed by atoms with E-state index in [0.717, 1.165) is 31.2 Å². The third kappa shape index (κ3) is 3.15. The number of hydrogen-bond donors (Lipinski definition) is 1. The second-order valence-corrected chi connectivity index (χ2v) is 6.39. The maximum absolute atomic E-state index is 11.8. The summed E-state index contributed by atoms with van der Waals surface area (Å²) in [6.45, 7) is 1.43. The molecular formula is C18H24O5. The molecule has 1 saturated carbocycles. The van der Waals surface area contributed by atoms with Crippen molar-refractivity contribution in [3.63, 3.8) is 0 Å². The van der Waals surface area contributed by atoms with Crippen molar-refractivity contribution in [1.82, 2.24) is 0 Å². The lowest BCUT2D eigenvalue weighted by molar-refractivity contribution is -0.143. The van der Waals surface area contributed by atoms with E-state index in [-0.39, 0.29) is 6.10 Å². The zero-order chi connectivity index (χ0) is 16.3. The van der Waals surface area contributed by atoms with Crippen LogP contribution in [0.2, 0.25) is 0 Å². The van der Waals surface area contributed by atoms with Gasteiger partial charge in [-0.3, -0.25) is 4.79 Å². The van der Waals surface area contributed by atoms with E-state index in [1.807, 2.05) is 18.2 Å². The second-order valence-electron chi connectivity index (χ2n) is 6.39. The molecule has 23 heavy (non-hydrogen) atoms. The molecule has 0 radical (unpaired) electrons. The third-order valence-electron chi connectivity index (χ3n) is 5.04. The van der Waals surface area contributed by atoms with Gasteiger partial charge in [-0.15, -0.1) is 0 Å². The van der Waals surface area contributed by atoms with Gasteiger partial charge in [0.2, 0.25) is 0 Å². The standard InChI is InChI=1S/C18H24O5/c1-21-16-12-13(18(17(19)20)8-2-3-9-18)4-5-15(16)23-14-6-10-22-11-7-14/h4-5,12,14H,2-3,6-11H2,1H3,(H,19,20). The Bertz CT molecular complexity index is 557. The van der Waals surface area contributed by atoms with Crippen molar-refractivity contribution in [3.8, 4) is 11.5 Å². The Kier molecular flexibility index (Phi) is 4.76. The first-order chi connectivity index (χ1) is 11.2. The van der Waals surface area contributed by atoms with E-state index in [1.165, 1.54) is 0 Å². The number of carbonyl (C=O) groups is 1. The first kappa shape index (κ1) is 16.1. The molecule has 0 amide bonds. The molecular weight excluding hydrogens is 296 g/mol. The number of methoxy groups -OCH3 is 1. The van der Waals surface area contributed by atoms with E-state index in [1.54, 1.807) is 7.11 Å². The van der Waals surface area contributed by atoms with Gasteiger partial charge in [0, 0.05) is 12.8 Å². The number of ether oxygens (including phenoxy) is 3. The quantitative estimate of drug-likeness (QED) is 0.903. The molecule has 126 valence electrons. The SMILES string of the molecule is COc1cc(C2(C(=O)O)CCCC2)ccc1OC1CCOCC1. The van der Waals surface area contributed by atoms with E-state index in [0.29, 0.717) is 37.6 Å². The van der Waals surface area contributed by atoms with Crippen LogP contribution in [0.3, 0.4) is 0 Å².